The van der Waals surface area contributed by atoms with Gasteiger partial charge in [-0.1, -0.05) is 19.0 Å². The van der Waals surface area contributed by atoms with E-state index in [-0.39, 0.29) is 24.0 Å². The molecule has 0 aromatic carbocycles. The van der Waals surface area contributed by atoms with Crippen LogP contribution in [0.5, 0.6) is 0 Å². The van der Waals surface area contributed by atoms with Gasteiger partial charge in [-0.3, -0.25) is 0 Å². The Morgan fingerprint density at radius 2 is 2.23 bits per heavy atom. The quantitative estimate of drug-likeness (QED) is 0.413. The molecule has 0 amide bonds. The summed E-state index contributed by atoms with van der Waals surface area (Å²) in [5, 5.41) is 14.7. The summed E-state index contributed by atoms with van der Waals surface area (Å²) in [5.74, 6) is 1.98. The molecule has 2 N–H and O–H groups in total. The van der Waals surface area contributed by atoms with Gasteiger partial charge in [0.05, 0.1) is 18.8 Å². The summed E-state index contributed by atoms with van der Waals surface area (Å²) in [7, 11) is 0. The highest BCUT2D eigenvalue weighted by Crippen LogP contribution is 2.13. The fraction of sp³-hybridized carbons (Fsp3) is 0.467. The fourth-order valence-corrected chi connectivity index (χ4v) is 2.41. The van der Waals surface area contributed by atoms with Crippen LogP contribution in [0.3, 0.4) is 0 Å². The number of nitrogens with zero attached hydrogens (tertiary/aromatic N) is 2. The van der Waals surface area contributed by atoms with E-state index < -0.39 is 0 Å². The lowest BCUT2D eigenvalue weighted by molar-refractivity contribution is 0.372. The number of aliphatic imine (C=N–C) groups is 1. The van der Waals surface area contributed by atoms with E-state index in [4.69, 9.17) is 4.52 Å². The zero-order valence-corrected chi connectivity index (χ0v) is 16.3. The summed E-state index contributed by atoms with van der Waals surface area (Å²) in [6, 6.07) is 4.07. The SMILES string of the molecule is CCNC(=NCc1ccsc1)NCc1cc(C(C)C)no1.I. The number of aromatic nitrogens is 1. The average Bonchev–Trinajstić information content (AvgIpc) is 3.13. The van der Waals surface area contributed by atoms with Gasteiger partial charge in [0.2, 0.25) is 0 Å². The summed E-state index contributed by atoms with van der Waals surface area (Å²) in [6.45, 7) is 8.32. The molecule has 0 saturated carbocycles. The van der Waals surface area contributed by atoms with E-state index in [1.165, 1.54) is 5.56 Å². The van der Waals surface area contributed by atoms with Gasteiger partial charge in [0, 0.05) is 12.6 Å². The molecule has 0 atom stereocenters. The van der Waals surface area contributed by atoms with Crippen molar-refractivity contribution in [1.82, 2.24) is 15.8 Å². The van der Waals surface area contributed by atoms with Crippen molar-refractivity contribution in [3.8, 4) is 0 Å². The Morgan fingerprint density at radius 1 is 1.41 bits per heavy atom. The van der Waals surface area contributed by atoms with Crippen LogP contribution in [0.4, 0.5) is 0 Å². The van der Waals surface area contributed by atoms with Gasteiger partial charge in [0.25, 0.3) is 0 Å². The van der Waals surface area contributed by atoms with E-state index in [9.17, 15) is 0 Å². The topological polar surface area (TPSA) is 62.5 Å². The van der Waals surface area contributed by atoms with Crippen LogP contribution < -0.4 is 10.6 Å². The zero-order chi connectivity index (χ0) is 15.1. The molecule has 0 aliphatic rings. The molecule has 7 heteroatoms. The second-order valence-corrected chi connectivity index (χ2v) is 5.83. The molecule has 0 saturated heterocycles. The zero-order valence-electron chi connectivity index (χ0n) is 13.1. The Hall–Kier alpha value is -1.09. The van der Waals surface area contributed by atoms with Crippen molar-refractivity contribution in [3.05, 3.63) is 39.9 Å². The number of hydrogen-bond donors (Lipinski definition) is 2. The van der Waals surface area contributed by atoms with Crippen molar-refractivity contribution in [2.24, 2.45) is 4.99 Å². The molecule has 0 aliphatic heterocycles. The van der Waals surface area contributed by atoms with E-state index in [1.54, 1.807) is 11.3 Å². The fourth-order valence-electron chi connectivity index (χ4n) is 1.75. The van der Waals surface area contributed by atoms with Gasteiger partial charge in [-0.15, -0.1) is 24.0 Å². The normalized spacial score (nSPS) is 11.4. The lowest BCUT2D eigenvalue weighted by Crippen LogP contribution is -2.36. The minimum atomic E-state index is 0. The Bertz CT molecular complexity index is 566. The van der Waals surface area contributed by atoms with Crippen molar-refractivity contribution in [2.45, 2.75) is 39.8 Å². The number of halogens is 1. The number of hydrogen-bond acceptors (Lipinski definition) is 4. The van der Waals surface area contributed by atoms with Crippen LogP contribution in [-0.4, -0.2) is 17.7 Å². The van der Waals surface area contributed by atoms with Crippen molar-refractivity contribution in [3.63, 3.8) is 0 Å². The second kappa shape index (κ2) is 9.83. The lowest BCUT2D eigenvalue weighted by Gasteiger charge is -2.09. The summed E-state index contributed by atoms with van der Waals surface area (Å²) < 4.78 is 5.31. The molecule has 0 unspecified atom stereocenters. The monoisotopic (exact) mass is 434 g/mol. The van der Waals surface area contributed by atoms with E-state index in [1.807, 2.05) is 13.0 Å². The third-order valence-corrected chi connectivity index (χ3v) is 3.67. The van der Waals surface area contributed by atoms with Crippen LogP contribution in [0.25, 0.3) is 0 Å². The van der Waals surface area contributed by atoms with Crippen LogP contribution in [0, 0.1) is 0 Å². The Kier molecular flexibility index (Phi) is 8.47. The molecule has 5 nitrogen and oxygen atoms in total. The highest BCUT2D eigenvalue weighted by atomic mass is 127. The number of guanidine groups is 1. The highest BCUT2D eigenvalue weighted by Gasteiger charge is 2.08. The van der Waals surface area contributed by atoms with Crippen LogP contribution in [0.15, 0.2) is 32.4 Å². The minimum absolute atomic E-state index is 0. The van der Waals surface area contributed by atoms with Gasteiger partial charge in [-0.25, -0.2) is 4.99 Å². The molecule has 0 radical (unpaired) electrons. The Balaban J connectivity index is 0.00000242. The molecule has 2 aromatic heterocycles. The first-order valence-corrected chi connectivity index (χ1v) is 8.12. The minimum Gasteiger partial charge on any atom is -0.359 e. The highest BCUT2D eigenvalue weighted by molar-refractivity contribution is 14.0. The van der Waals surface area contributed by atoms with Crippen molar-refractivity contribution in [2.75, 3.05) is 6.54 Å². The molecule has 0 aliphatic carbocycles. The molecule has 0 spiro atoms. The van der Waals surface area contributed by atoms with E-state index >= 15 is 0 Å². The van der Waals surface area contributed by atoms with Crippen LogP contribution in [0.2, 0.25) is 0 Å². The molecule has 0 bridgehead atoms. The molecule has 22 heavy (non-hydrogen) atoms. The third kappa shape index (κ3) is 5.96. The number of thiophene rings is 1. The van der Waals surface area contributed by atoms with Crippen LogP contribution >= 0.6 is 35.3 Å². The van der Waals surface area contributed by atoms with Gasteiger partial charge >= 0.3 is 0 Å². The first-order chi connectivity index (χ1) is 10.2. The Morgan fingerprint density at radius 3 is 2.82 bits per heavy atom. The standard InChI is InChI=1S/C15H22N4OS.HI/c1-4-16-15(17-8-12-5-6-21-10-12)18-9-13-7-14(11(2)3)19-20-13;/h5-7,10-11H,4,8-9H2,1-3H3,(H2,16,17,18);1H. The number of rotatable bonds is 6. The maximum Gasteiger partial charge on any atom is 0.191 e. The summed E-state index contributed by atoms with van der Waals surface area (Å²) in [6.07, 6.45) is 0. The van der Waals surface area contributed by atoms with Gasteiger partial charge in [-0.2, -0.15) is 11.3 Å². The lowest BCUT2D eigenvalue weighted by atomic mass is 10.1. The van der Waals surface area contributed by atoms with Crippen molar-refractivity contribution >= 4 is 41.3 Å². The van der Waals surface area contributed by atoms with Gasteiger partial charge in [0.15, 0.2) is 11.7 Å². The first kappa shape index (κ1) is 19.0. The van der Waals surface area contributed by atoms with Gasteiger partial charge in [-0.05, 0) is 35.2 Å². The first-order valence-electron chi connectivity index (χ1n) is 7.17. The molecular formula is C15H23IN4OS. The van der Waals surface area contributed by atoms with E-state index in [0.717, 1.165) is 24.0 Å². The maximum atomic E-state index is 5.31. The Labute approximate surface area is 152 Å². The smallest absolute Gasteiger partial charge is 0.191 e. The number of nitrogens with one attached hydrogen (secondary N) is 2. The summed E-state index contributed by atoms with van der Waals surface area (Å²) in [4.78, 5) is 4.55. The van der Waals surface area contributed by atoms with E-state index in [2.05, 4.69) is 51.5 Å². The average molecular weight is 434 g/mol. The van der Waals surface area contributed by atoms with Crippen LogP contribution in [-0.2, 0) is 13.1 Å². The molecule has 2 rings (SSSR count). The second-order valence-electron chi connectivity index (χ2n) is 5.05. The molecule has 0 fully saturated rings. The molecule has 2 heterocycles. The predicted octanol–water partition coefficient (Wildman–Crippen LogP) is 3.73. The van der Waals surface area contributed by atoms with E-state index in [0.29, 0.717) is 19.0 Å². The molecule has 122 valence electrons. The predicted molar refractivity (Wildman–Crippen MR) is 102 cm³/mol. The third-order valence-electron chi connectivity index (χ3n) is 2.94. The molecule has 2 aromatic rings. The van der Waals surface area contributed by atoms with Crippen molar-refractivity contribution in [1.29, 1.82) is 0 Å². The van der Waals surface area contributed by atoms with Crippen molar-refractivity contribution < 1.29 is 4.52 Å². The van der Waals surface area contributed by atoms with Crippen LogP contribution in [0.1, 0.15) is 43.7 Å². The maximum absolute atomic E-state index is 5.31. The molecular weight excluding hydrogens is 411 g/mol. The van der Waals surface area contributed by atoms with Gasteiger partial charge < -0.3 is 15.2 Å². The summed E-state index contributed by atoms with van der Waals surface area (Å²) in [5.41, 5.74) is 2.20. The van der Waals surface area contributed by atoms with Gasteiger partial charge in [0.1, 0.15) is 0 Å². The largest absolute Gasteiger partial charge is 0.359 e. The summed E-state index contributed by atoms with van der Waals surface area (Å²) >= 11 is 1.69.